The van der Waals surface area contributed by atoms with Gasteiger partial charge in [0.15, 0.2) is 17.5 Å². The van der Waals surface area contributed by atoms with Crippen molar-refractivity contribution in [1.82, 2.24) is 24.1 Å². The highest BCUT2D eigenvalue weighted by Crippen LogP contribution is 2.41. The second kappa shape index (κ2) is 14.7. The average Bonchev–Trinajstić information content (AvgIpc) is 3.87. The Morgan fingerprint density at radius 1 is 0.258 bits per heavy atom. The SMILES string of the molecule is c1ccc(-c2cccc(-c3nc(-c4ccccc4)nc(-c4cccc(-n5c6ccccc6c6c(-c7ccc8c(c7)c7ccccc7n8-c7ccccc7)cccc65)c4)n3)c2)cc1. The van der Waals surface area contributed by atoms with Gasteiger partial charge in [-0.3, -0.25) is 0 Å². The molecule has 0 aliphatic carbocycles. The summed E-state index contributed by atoms with van der Waals surface area (Å²) in [6.07, 6.45) is 0. The van der Waals surface area contributed by atoms with E-state index >= 15 is 0 Å². The largest absolute Gasteiger partial charge is 0.309 e. The quantitative estimate of drug-likeness (QED) is 0.162. The minimum absolute atomic E-state index is 0.616. The molecule has 9 aromatic carbocycles. The predicted molar refractivity (Wildman–Crippen MR) is 256 cm³/mol. The first-order valence-corrected chi connectivity index (χ1v) is 20.9. The second-order valence-electron chi connectivity index (χ2n) is 15.6. The molecule has 290 valence electrons. The van der Waals surface area contributed by atoms with Gasteiger partial charge >= 0.3 is 0 Å². The molecule has 0 saturated carbocycles. The fraction of sp³-hybridized carbons (Fsp3) is 0. The highest BCUT2D eigenvalue weighted by molar-refractivity contribution is 6.17. The minimum atomic E-state index is 0.616. The first kappa shape index (κ1) is 35.5. The Kier molecular flexibility index (Phi) is 8.42. The van der Waals surface area contributed by atoms with Gasteiger partial charge in [0.1, 0.15) is 0 Å². The van der Waals surface area contributed by atoms with Gasteiger partial charge in [0.25, 0.3) is 0 Å². The van der Waals surface area contributed by atoms with Crippen LogP contribution in [0.3, 0.4) is 0 Å². The van der Waals surface area contributed by atoms with Gasteiger partial charge in [-0.2, -0.15) is 0 Å². The third-order valence-corrected chi connectivity index (χ3v) is 12.0. The molecule has 0 aliphatic rings. The summed E-state index contributed by atoms with van der Waals surface area (Å²) in [4.78, 5) is 15.3. The maximum atomic E-state index is 5.17. The smallest absolute Gasteiger partial charge is 0.164 e. The molecule has 0 unspecified atom stereocenters. The van der Waals surface area contributed by atoms with Crippen molar-refractivity contribution in [2.45, 2.75) is 0 Å². The highest BCUT2D eigenvalue weighted by atomic mass is 15.0. The Morgan fingerprint density at radius 3 is 1.48 bits per heavy atom. The zero-order valence-corrected chi connectivity index (χ0v) is 33.6. The summed E-state index contributed by atoms with van der Waals surface area (Å²) in [5.74, 6) is 1.87. The Balaban J connectivity index is 1.01. The monoisotopic (exact) mass is 791 g/mol. The van der Waals surface area contributed by atoms with Gasteiger partial charge < -0.3 is 9.13 Å². The lowest BCUT2D eigenvalue weighted by Gasteiger charge is -2.12. The Labute approximate surface area is 358 Å². The van der Waals surface area contributed by atoms with Crippen molar-refractivity contribution in [3.05, 3.63) is 224 Å². The summed E-state index contributed by atoms with van der Waals surface area (Å²) in [6, 6.07) is 79.3. The Morgan fingerprint density at radius 2 is 0.742 bits per heavy atom. The van der Waals surface area contributed by atoms with E-state index in [-0.39, 0.29) is 0 Å². The van der Waals surface area contributed by atoms with Crippen LogP contribution in [-0.4, -0.2) is 24.1 Å². The molecule has 0 N–H and O–H groups in total. The van der Waals surface area contributed by atoms with E-state index < -0.39 is 0 Å². The maximum Gasteiger partial charge on any atom is 0.164 e. The van der Waals surface area contributed by atoms with Crippen LogP contribution in [0.4, 0.5) is 0 Å². The van der Waals surface area contributed by atoms with Gasteiger partial charge in [-0.05, 0) is 82.9 Å². The lowest BCUT2D eigenvalue weighted by atomic mass is 9.98. The number of benzene rings is 9. The van der Waals surface area contributed by atoms with Crippen molar-refractivity contribution >= 4 is 43.6 Å². The lowest BCUT2D eigenvalue weighted by molar-refractivity contribution is 1.07. The minimum Gasteiger partial charge on any atom is -0.309 e. The third-order valence-electron chi connectivity index (χ3n) is 12.0. The number of para-hydroxylation sites is 3. The first-order chi connectivity index (χ1) is 30.7. The molecule has 0 aliphatic heterocycles. The fourth-order valence-electron chi connectivity index (χ4n) is 9.14. The molecule has 0 spiro atoms. The molecule has 0 radical (unpaired) electrons. The molecular formula is C57H37N5. The van der Waals surface area contributed by atoms with Crippen molar-refractivity contribution in [2.24, 2.45) is 0 Å². The molecule has 0 fully saturated rings. The number of fused-ring (bicyclic) bond motifs is 6. The molecule has 0 bridgehead atoms. The molecule has 5 nitrogen and oxygen atoms in total. The van der Waals surface area contributed by atoms with E-state index in [1.54, 1.807) is 0 Å². The van der Waals surface area contributed by atoms with E-state index in [0.29, 0.717) is 17.5 Å². The van der Waals surface area contributed by atoms with Crippen LogP contribution in [0.5, 0.6) is 0 Å². The summed E-state index contributed by atoms with van der Waals surface area (Å²) in [7, 11) is 0. The van der Waals surface area contributed by atoms with Crippen LogP contribution >= 0.6 is 0 Å². The van der Waals surface area contributed by atoms with Crippen LogP contribution in [0.2, 0.25) is 0 Å². The average molecular weight is 792 g/mol. The summed E-state index contributed by atoms with van der Waals surface area (Å²) in [5.41, 5.74) is 14.2. The summed E-state index contributed by atoms with van der Waals surface area (Å²) in [5, 5.41) is 4.88. The van der Waals surface area contributed by atoms with Crippen LogP contribution in [-0.2, 0) is 0 Å². The van der Waals surface area contributed by atoms with Gasteiger partial charge in [-0.1, -0.05) is 164 Å². The second-order valence-corrected chi connectivity index (χ2v) is 15.6. The van der Waals surface area contributed by atoms with Crippen molar-refractivity contribution in [3.63, 3.8) is 0 Å². The van der Waals surface area contributed by atoms with Gasteiger partial charge in [-0.25, -0.2) is 15.0 Å². The Hall–Kier alpha value is -8.41. The van der Waals surface area contributed by atoms with E-state index in [1.165, 1.54) is 43.7 Å². The van der Waals surface area contributed by atoms with Crippen molar-refractivity contribution in [1.29, 1.82) is 0 Å². The van der Waals surface area contributed by atoms with Crippen molar-refractivity contribution in [3.8, 4) is 67.8 Å². The molecule has 3 aromatic heterocycles. The molecule has 0 saturated heterocycles. The van der Waals surface area contributed by atoms with Crippen molar-refractivity contribution in [2.75, 3.05) is 0 Å². The van der Waals surface area contributed by atoms with Gasteiger partial charge in [0.05, 0.1) is 22.1 Å². The van der Waals surface area contributed by atoms with E-state index in [0.717, 1.165) is 50.2 Å². The van der Waals surface area contributed by atoms with E-state index in [9.17, 15) is 0 Å². The van der Waals surface area contributed by atoms with E-state index in [1.807, 2.05) is 24.3 Å². The lowest BCUT2D eigenvalue weighted by Crippen LogP contribution is -2.01. The molecule has 12 rings (SSSR count). The van der Waals surface area contributed by atoms with Crippen LogP contribution in [0, 0.1) is 0 Å². The van der Waals surface area contributed by atoms with Crippen LogP contribution < -0.4 is 0 Å². The maximum absolute atomic E-state index is 5.17. The zero-order valence-electron chi connectivity index (χ0n) is 33.6. The van der Waals surface area contributed by atoms with Crippen LogP contribution in [0.1, 0.15) is 0 Å². The van der Waals surface area contributed by atoms with Crippen LogP contribution in [0.25, 0.3) is 111 Å². The van der Waals surface area contributed by atoms with Gasteiger partial charge in [0, 0.05) is 49.6 Å². The molecule has 62 heavy (non-hydrogen) atoms. The molecule has 12 aromatic rings. The van der Waals surface area contributed by atoms with Crippen LogP contribution in [0.15, 0.2) is 224 Å². The Bertz CT molecular complexity index is 3620. The third kappa shape index (κ3) is 5.98. The first-order valence-electron chi connectivity index (χ1n) is 20.9. The van der Waals surface area contributed by atoms with Gasteiger partial charge in [-0.15, -0.1) is 0 Å². The predicted octanol–water partition coefficient (Wildman–Crippen LogP) is 14.4. The normalized spacial score (nSPS) is 11.5. The summed E-state index contributed by atoms with van der Waals surface area (Å²) < 4.78 is 4.75. The topological polar surface area (TPSA) is 48.5 Å². The molecule has 0 amide bonds. The highest BCUT2D eigenvalue weighted by Gasteiger charge is 2.20. The fourth-order valence-corrected chi connectivity index (χ4v) is 9.14. The summed E-state index contributed by atoms with van der Waals surface area (Å²) >= 11 is 0. The number of nitrogens with zero attached hydrogens (tertiary/aromatic N) is 5. The number of rotatable bonds is 7. The standard InChI is InChI=1S/C57H37N5/c1-4-17-38(18-5-1)40-21-14-22-42(35-40)56-58-55(39-19-6-2-7-20-39)59-57(60-56)43-23-15-26-45(36-43)62-51-31-13-11-28-48(51)54-46(29-16-32-53(54)62)41-33-34-52-49(37-41)47-27-10-12-30-50(47)61(52)44-24-8-3-9-25-44/h1-37H. The molecule has 5 heteroatoms. The molecule has 0 atom stereocenters. The van der Waals surface area contributed by atoms with E-state index in [2.05, 4.69) is 209 Å². The van der Waals surface area contributed by atoms with Gasteiger partial charge in [0.2, 0.25) is 0 Å². The van der Waals surface area contributed by atoms with Crippen molar-refractivity contribution < 1.29 is 0 Å². The van der Waals surface area contributed by atoms with E-state index in [4.69, 9.17) is 15.0 Å². The zero-order chi connectivity index (χ0) is 41.0. The number of hydrogen-bond donors (Lipinski definition) is 0. The number of aromatic nitrogens is 5. The molecule has 3 heterocycles. The summed E-state index contributed by atoms with van der Waals surface area (Å²) in [6.45, 7) is 0. The number of hydrogen-bond acceptors (Lipinski definition) is 3. The molecular weight excluding hydrogens is 755 g/mol.